The van der Waals surface area contributed by atoms with Crippen molar-refractivity contribution in [2.45, 2.75) is 42.2 Å². The Kier molecular flexibility index (Phi) is 3.23. The van der Waals surface area contributed by atoms with Crippen molar-refractivity contribution in [2.24, 2.45) is 11.8 Å². The van der Waals surface area contributed by atoms with Crippen molar-refractivity contribution in [3.05, 3.63) is 64.3 Å². The number of hydrogen-bond acceptors (Lipinski definition) is 0. The SMILES string of the molecule is [Zr][CH]1CCCC2C1=C1Cc3ccccc3C1=C1C=CCCC12. The van der Waals surface area contributed by atoms with Crippen LogP contribution < -0.4 is 0 Å². The van der Waals surface area contributed by atoms with E-state index in [0.29, 0.717) is 0 Å². The van der Waals surface area contributed by atoms with E-state index >= 15 is 0 Å². The van der Waals surface area contributed by atoms with Gasteiger partial charge in [0.15, 0.2) is 0 Å². The Balaban J connectivity index is 1.81. The van der Waals surface area contributed by atoms with Crippen LogP contribution in [0.3, 0.4) is 0 Å². The van der Waals surface area contributed by atoms with E-state index in [1.54, 1.807) is 52.6 Å². The molecule has 0 aliphatic heterocycles. The summed E-state index contributed by atoms with van der Waals surface area (Å²) in [5, 5.41) is 0. The molecule has 22 heavy (non-hydrogen) atoms. The normalized spacial score (nSPS) is 32.4. The molecule has 0 spiro atoms. The van der Waals surface area contributed by atoms with Crippen LogP contribution in [-0.2, 0) is 31.1 Å². The maximum absolute atomic E-state index is 2.48. The van der Waals surface area contributed by atoms with Gasteiger partial charge in [-0.25, -0.2) is 0 Å². The second kappa shape index (κ2) is 5.17. The third-order valence-electron chi connectivity index (χ3n) is 6.20. The number of benzene rings is 1. The van der Waals surface area contributed by atoms with Crippen molar-refractivity contribution < 1.29 is 24.7 Å². The molecule has 0 aromatic heterocycles. The number of rotatable bonds is 0. The molecule has 4 aliphatic rings. The van der Waals surface area contributed by atoms with Gasteiger partial charge in [0.1, 0.15) is 0 Å². The number of fused-ring (bicyclic) bond motifs is 6. The molecule has 109 valence electrons. The van der Waals surface area contributed by atoms with Crippen molar-refractivity contribution in [2.75, 3.05) is 0 Å². The zero-order chi connectivity index (χ0) is 14.7. The van der Waals surface area contributed by atoms with Crippen molar-refractivity contribution in [3.63, 3.8) is 0 Å². The zero-order valence-corrected chi connectivity index (χ0v) is 15.4. The molecule has 1 aromatic carbocycles. The molecule has 1 aromatic rings. The van der Waals surface area contributed by atoms with Crippen LogP contribution in [0.2, 0.25) is 3.63 Å². The molecule has 0 amide bonds. The molecule has 0 N–H and O–H groups in total. The second-order valence-corrected chi connectivity index (χ2v) is 8.99. The molecule has 1 fully saturated rings. The van der Waals surface area contributed by atoms with Gasteiger partial charge in [-0.2, -0.15) is 0 Å². The Hall–Kier alpha value is -0.677. The standard InChI is InChI=1S/C21H21.Zr/c1-2-8-15-14(7-1)13-20-18-11-4-3-9-16(18)17-10-5-6-12-19(17)21(15)20;/h1-2,6-8,11-12,16-17H,3-5,9-10,13H2;. The summed E-state index contributed by atoms with van der Waals surface area (Å²) in [6.45, 7) is 0. The van der Waals surface area contributed by atoms with E-state index in [9.17, 15) is 0 Å². The summed E-state index contributed by atoms with van der Waals surface area (Å²) in [5.74, 6) is 1.68. The van der Waals surface area contributed by atoms with Gasteiger partial charge in [-0.3, -0.25) is 0 Å². The molecule has 1 heteroatoms. The number of allylic oxidation sites excluding steroid dienone is 6. The third kappa shape index (κ3) is 1.84. The molecular formula is C21H21Zr. The zero-order valence-electron chi connectivity index (χ0n) is 12.9. The van der Waals surface area contributed by atoms with Crippen LogP contribution >= 0.6 is 0 Å². The maximum atomic E-state index is 2.48. The van der Waals surface area contributed by atoms with Crippen LogP contribution in [0.15, 0.2) is 53.1 Å². The quantitative estimate of drug-likeness (QED) is 0.577. The van der Waals surface area contributed by atoms with Crippen LogP contribution in [0, 0.1) is 11.8 Å². The van der Waals surface area contributed by atoms with Gasteiger partial charge < -0.3 is 0 Å². The van der Waals surface area contributed by atoms with E-state index in [1.165, 1.54) is 38.5 Å². The first-order chi connectivity index (χ1) is 10.8. The molecule has 5 rings (SSSR count). The fourth-order valence-electron chi connectivity index (χ4n) is 5.35. The Morgan fingerprint density at radius 1 is 1.00 bits per heavy atom. The van der Waals surface area contributed by atoms with Gasteiger partial charge in [-0.05, 0) is 0 Å². The summed E-state index contributed by atoms with van der Waals surface area (Å²) in [6.07, 6.45) is 13.1. The Morgan fingerprint density at radius 2 is 1.91 bits per heavy atom. The van der Waals surface area contributed by atoms with Crippen molar-refractivity contribution >= 4 is 5.57 Å². The summed E-state index contributed by atoms with van der Waals surface area (Å²) in [6, 6.07) is 9.16. The minimum absolute atomic E-state index is 0.813. The molecule has 0 radical (unpaired) electrons. The first-order valence-corrected chi connectivity index (χ1v) is 10.2. The van der Waals surface area contributed by atoms with Gasteiger partial charge in [0.25, 0.3) is 0 Å². The van der Waals surface area contributed by atoms with Gasteiger partial charge in [0.05, 0.1) is 0 Å². The van der Waals surface area contributed by atoms with Gasteiger partial charge in [0, 0.05) is 0 Å². The fourth-order valence-corrected chi connectivity index (χ4v) is 6.81. The Morgan fingerprint density at radius 3 is 2.86 bits per heavy atom. The third-order valence-corrected chi connectivity index (χ3v) is 7.68. The molecule has 1 saturated carbocycles. The molecule has 0 saturated heterocycles. The van der Waals surface area contributed by atoms with E-state index in [2.05, 4.69) is 36.4 Å². The van der Waals surface area contributed by atoms with Crippen LogP contribution in [0.4, 0.5) is 0 Å². The first kappa shape index (κ1) is 13.7. The summed E-state index contributed by atoms with van der Waals surface area (Å²) < 4.78 is 0.887. The topological polar surface area (TPSA) is 0 Å². The summed E-state index contributed by atoms with van der Waals surface area (Å²) in [5.41, 5.74) is 10.1. The molecule has 0 heterocycles. The second-order valence-electron chi connectivity index (χ2n) is 7.27. The van der Waals surface area contributed by atoms with Crippen LogP contribution in [0.25, 0.3) is 5.57 Å². The monoisotopic (exact) mass is 363 g/mol. The van der Waals surface area contributed by atoms with Gasteiger partial charge >= 0.3 is 149 Å². The van der Waals surface area contributed by atoms with E-state index in [1.807, 2.05) is 5.57 Å². The van der Waals surface area contributed by atoms with Crippen LogP contribution in [0.1, 0.15) is 43.2 Å². The van der Waals surface area contributed by atoms with E-state index in [-0.39, 0.29) is 0 Å². The van der Waals surface area contributed by atoms with E-state index in [0.717, 1.165) is 15.5 Å². The van der Waals surface area contributed by atoms with E-state index in [4.69, 9.17) is 0 Å². The number of hydrogen-bond donors (Lipinski definition) is 0. The van der Waals surface area contributed by atoms with Gasteiger partial charge in [-0.1, -0.05) is 0 Å². The predicted octanol–water partition coefficient (Wildman–Crippen LogP) is 5.41. The van der Waals surface area contributed by atoms with E-state index < -0.39 is 0 Å². The molecule has 0 nitrogen and oxygen atoms in total. The fraction of sp³-hybridized carbons (Fsp3) is 0.429. The minimum atomic E-state index is 0.813. The summed E-state index contributed by atoms with van der Waals surface area (Å²) in [7, 11) is 0. The van der Waals surface area contributed by atoms with Crippen LogP contribution in [0.5, 0.6) is 0 Å². The Bertz CT molecular complexity index is 734. The van der Waals surface area contributed by atoms with Crippen molar-refractivity contribution in [1.82, 2.24) is 0 Å². The molecule has 3 atom stereocenters. The van der Waals surface area contributed by atoms with Gasteiger partial charge in [0.2, 0.25) is 0 Å². The van der Waals surface area contributed by atoms with Crippen LogP contribution in [-0.4, -0.2) is 0 Å². The van der Waals surface area contributed by atoms with Crippen molar-refractivity contribution in [3.8, 4) is 0 Å². The summed E-state index contributed by atoms with van der Waals surface area (Å²) >= 11 is 1.74. The Labute approximate surface area is 148 Å². The predicted molar refractivity (Wildman–Crippen MR) is 87.0 cm³/mol. The average Bonchev–Trinajstić information content (AvgIpc) is 2.94. The first-order valence-electron chi connectivity index (χ1n) is 8.78. The molecule has 3 unspecified atom stereocenters. The molecule has 0 bridgehead atoms. The molecular weight excluding hydrogens is 343 g/mol. The van der Waals surface area contributed by atoms with Crippen molar-refractivity contribution in [1.29, 1.82) is 0 Å². The summed E-state index contributed by atoms with van der Waals surface area (Å²) in [4.78, 5) is 0. The van der Waals surface area contributed by atoms with Gasteiger partial charge in [-0.15, -0.1) is 0 Å². The molecule has 4 aliphatic carbocycles. The average molecular weight is 365 g/mol.